The molecule has 31 heavy (non-hydrogen) atoms. The highest BCUT2D eigenvalue weighted by molar-refractivity contribution is 5.95. The van der Waals surface area contributed by atoms with Crippen molar-refractivity contribution in [2.24, 2.45) is 0 Å². The van der Waals surface area contributed by atoms with Crippen LogP contribution in [0.1, 0.15) is 59.9 Å². The third kappa shape index (κ3) is 5.37. The molecule has 166 valence electrons. The molecule has 0 atom stereocenters. The number of likely N-dealkylation sites (tertiary alicyclic amines) is 1. The molecule has 0 unspecified atom stereocenters. The Hall–Kier alpha value is -3.02. The standard InChI is InChI=1S/C25H32N2O4/c1-25(2,3)19-9-6-17(7-10-19)23(28)26-20-12-14-27(15-13-20)24(29)18-8-11-21(30-4)22(16-18)31-5/h6-11,16,20H,12-15H2,1-5H3,(H,26,28). The fourth-order valence-electron chi connectivity index (χ4n) is 3.77. The number of nitrogens with one attached hydrogen (secondary N) is 1. The number of benzene rings is 2. The van der Waals surface area contributed by atoms with Gasteiger partial charge in [0.05, 0.1) is 14.2 Å². The molecule has 0 spiro atoms. The lowest BCUT2D eigenvalue weighted by Gasteiger charge is -2.32. The van der Waals surface area contributed by atoms with Crippen molar-refractivity contribution >= 4 is 11.8 Å². The van der Waals surface area contributed by atoms with Crippen molar-refractivity contribution in [3.05, 3.63) is 59.2 Å². The smallest absolute Gasteiger partial charge is 0.253 e. The van der Waals surface area contributed by atoms with E-state index in [1.54, 1.807) is 32.4 Å². The van der Waals surface area contributed by atoms with Crippen LogP contribution < -0.4 is 14.8 Å². The molecule has 1 heterocycles. The van der Waals surface area contributed by atoms with Gasteiger partial charge in [-0.25, -0.2) is 0 Å². The van der Waals surface area contributed by atoms with Crippen LogP contribution in [0.25, 0.3) is 0 Å². The number of carbonyl (C=O) groups is 2. The van der Waals surface area contributed by atoms with Crippen molar-refractivity contribution in [2.45, 2.75) is 45.1 Å². The third-order valence-electron chi connectivity index (χ3n) is 5.76. The summed E-state index contributed by atoms with van der Waals surface area (Å²) in [6.45, 7) is 7.65. The molecular formula is C25H32N2O4. The second kappa shape index (κ2) is 9.41. The molecular weight excluding hydrogens is 392 g/mol. The van der Waals surface area contributed by atoms with Crippen LogP contribution >= 0.6 is 0 Å². The van der Waals surface area contributed by atoms with Gasteiger partial charge in [0.25, 0.3) is 11.8 Å². The number of rotatable bonds is 5. The predicted molar refractivity (Wildman–Crippen MR) is 121 cm³/mol. The fourth-order valence-corrected chi connectivity index (χ4v) is 3.77. The Bertz CT molecular complexity index is 924. The zero-order valence-corrected chi connectivity index (χ0v) is 19.0. The van der Waals surface area contributed by atoms with Crippen LogP contribution in [0, 0.1) is 0 Å². The lowest BCUT2D eigenvalue weighted by Crippen LogP contribution is -2.46. The van der Waals surface area contributed by atoms with Gasteiger partial charge in [0.1, 0.15) is 0 Å². The van der Waals surface area contributed by atoms with Gasteiger partial charge in [0.15, 0.2) is 11.5 Å². The minimum absolute atomic E-state index is 0.0384. The van der Waals surface area contributed by atoms with Crippen LogP contribution in [-0.4, -0.2) is 50.1 Å². The molecule has 2 aromatic carbocycles. The number of piperidine rings is 1. The molecule has 1 fully saturated rings. The van der Waals surface area contributed by atoms with E-state index in [0.717, 1.165) is 12.8 Å². The summed E-state index contributed by atoms with van der Waals surface area (Å²) in [6, 6.07) is 13.0. The average Bonchev–Trinajstić information content (AvgIpc) is 2.78. The van der Waals surface area contributed by atoms with E-state index in [1.807, 2.05) is 29.2 Å². The first-order valence-corrected chi connectivity index (χ1v) is 10.7. The molecule has 2 aromatic rings. The molecule has 1 N–H and O–H groups in total. The van der Waals surface area contributed by atoms with E-state index in [0.29, 0.717) is 35.7 Å². The van der Waals surface area contributed by atoms with Gasteiger partial charge < -0.3 is 19.7 Å². The lowest BCUT2D eigenvalue weighted by molar-refractivity contribution is 0.0697. The van der Waals surface area contributed by atoms with E-state index >= 15 is 0 Å². The second-order valence-electron chi connectivity index (χ2n) is 8.94. The van der Waals surface area contributed by atoms with E-state index in [2.05, 4.69) is 26.1 Å². The summed E-state index contributed by atoms with van der Waals surface area (Å²) in [5.74, 6) is 1.03. The van der Waals surface area contributed by atoms with Crippen molar-refractivity contribution in [3.63, 3.8) is 0 Å². The molecule has 0 radical (unpaired) electrons. The minimum Gasteiger partial charge on any atom is -0.493 e. The van der Waals surface area contributed by atoms with Crippen molar-refractivity contribution in [3.8, 4) is 11.5 Å². The van der Waals surface area contributed by atoms with Crippen LogP contribution in [-0.2, 0) is 5.41 Å². The van der Waals surface area contributed by atoms with Crippen LogP contribution in [0.5, 0.6) is 11.5 Å². The number of methoxy groups -OCH3 is 2. The number of carbonyl (C=O) groups excluding carboxylic acids is 2. The summed E-state index contributed by atoms with van der Waals surface area (Å²) in [5.41, 5.74) is 2.49. The maximum absolute atomic E-state index is 12.9. The molecule has 1 saturated heterocycles. The van der Waals surface area contributed by atoms with E-state index in [1.165, 1.54) is 5.56 Å². The monoisotopic (exact) mass is 424 g/mol. The first kappa shape index (κ1) is 22.7. The molecule has 6 heteroatoms. The van der Waals surface area contributed by atoms with Gasteiger partial charge in [-0.15, -0.1) is 0 Å². The van der Waals surface area contributed by atoms with Crippen molar-refractivity contribution in [2.75, 3.05) is 27.3 Å². The van der Waals surface area contributed by atoms with Gasteiger partial charge in [-0.3, -0.25) is 9.59 Å². The highest BCUT2D eigenvalue weighted by Gasteiger charge is 2.25. The minimum atomic E-state index is -0.0647. The summed E-state index contributed by atoms with van der Waals surface area (Å²) >= 11 is 0. The zero-order valence-electron chi connectivity index (χ0n) is 19.0. The summed E-state index contributed by atoms with van der Waals surface area (Å²) in [6.07, 6.45) is 1.45. The quantitative estimate of drug-likeness (QED) is 0.787. The lowest BCUT2D eigenvalue weighted by atomic mass is 9.86. The molecule has 1 aliphatic rings. The highest BCUT2D eigenvalue weighted by Crippen LogP contribution is 2.28. The summed E-state index contributed by atoms with van der Waals surface area (Å²) in [4.78, 5) is 27.3. The molecule has 2 amide bonds. The number of hydrogen-bond acceptors (Lipinski definition) is 4. The maximum Gasteiger partial charge on any atom is 0.253 e. The molecule has 6 nitrogen and oxygen atoms in total. The van der Waals surface area contributed by atoms with Gasteiger partial charge in [-0.05, 0) is 54.2 Å². The Balaban J connectivity index is 1.56. The van der Waals surface area contributed by atoms with Gasteiger partial charge in [-0.2, -0.15) is 0 Å². The number of hydrogen-bond donors (Lipinski definition) is 1. The summed E-state index contributed by atoms with van der Waals surface area (Å²) < 4.78 is 10.5. The summed E-state index contributed by atoms with van der Waals surface area (Å²) in [5, 5.41) is 3.11. The van der Waals surface area contributed by atoms with Crippen LogP contribution in [0.4, 0.5) is 0 Å². The SMILES string of the molecule is COc1ccc(C(=O)N2CCC(NC(=O)c3ccc(C(C)(C)C)cc3)CC2)cc1OC. The van der Waals surface area contributed by atoms with E-state index in [4.69, 9.17) is 9.47 Å². The van der Waals surface area contributed by atoms with Crippen LogP contribution in [0.15, 0.2) is 42.5 Å². The van der Waals surface area contributed by atoms with E-state index in [-0.39, 0.29) is 23.3 Å². The maximum atomic E-state index is 12.9. The topological polar surface area (TPSA) is 67.9 Å². The van der Waals surface area contributed by atoms with E-state index < -0.39 is 0 Å². The Kier molecular flexibility index (Phi) is 6.88. The van der Waals surface area contributed by atoms with Gasteiger partial charge in [0.2, 0.25) is 0 Å². The number of nitrogens with zero attached hydrogens (tertiary/aromatic N) is 1. The van der Waals surface area contributed by atoms with E-state index in [9.17, 15) is 9.59 Å². The van der Waals surface area contributed by atoms with Crippen molar-refractivity contribution in [1.29, 1.82) is 0 Å². The Morgan fingerprint density at radius 2 is 1.48 bits per heavy atom. The third-order valence-corrected chi connectivity index (χ3v) is 5.76. The Morgan fingerprint density at radius 1 is 0.903 bits per heavy atom. The van der Waals surface area contributed by atoms with Crippen LogP contribution in [0.3, 0.4) is 0 Å². The molecule has 0 saturated carbocycles. The fraction of sp³-hybridized carbons (Fsp3) is 0.440. The molecule has 1 aliphatic heterocycles. The molecule has 3 rings (SSSR count). The normalized spacial score (nSPS) is 14.8. The van der Waals surface area contributed by atoms with Crippen LogP contribution in [0.2, 0.25) is 0 Å². The highest BCUT2D eigenvalue weighted by atomic mass is 16.5. The molecule has 0 aliphatic carbocycles. The van der Waals surface area contributed by atoms with Crippen molar-refractivity contribution < 1.29 is 19.1 Å². The van der Waals surface area contributed by atoms with Gasteiger partial charge in [0, 0.05) is 30.3 Å². The zero-order chi connectivity index (χ0) is 22.6. The number of amides is 2. The second-order valence-corrected chi connectivity index (χ2v) is 8.94. The Morgan fingerprint density at radius 3 is 2.03 bits per heavy atom. The number of ether oxygens (including phenoxy) is 2. The first-order chi connectivity index (χ1) is 14.7. The average molecular weight is 425 g/mol. The van der Waals surface area contributed by atoms with Crippen molar-refractivity contribution in [1.82, 2.24) is 10.2 Å². The molecule has 0 aromatic heterocycles. The molecule has 0 bridgehead atoms. The largest absolute Gasteiger partial charge is 0.493 e. The van der Waals surface area contributed by atoms with Gasteiger partial charge >= 0.3 is 0 Å². The Labute approximate surface area is 184 Å². The predicted octanol–water partition coefficient (Wildman–Crippen LogP) is 4.04. The van der Waals surface area contributed by atoms with Gasteiger partial charge in [-0.1, -0.05) is 32.9 Å². The summed E-state index contributed by atoms with van der Waals surface area (Å²) in [7, 11) is 3.12. The first-order valence-electron chi connectivity index (χ1n) is 10.7.